The smallest absolute Gasteiger partial charge is 0.225 e. The number of rotatable bonds is 4. The molecule has 0 spiro atoms. The summed E-state index contributed by atoms with van der Waals surface area (Å²) in [4.78, 5) is 23.8. The first-order valence-electron chi connectivity index (χ1n) is 10.2. The maximum absolute atomic E-state index is 14.4. The first kappa shape index (κ1) is 20.2. The summed E-state index contributed by atoms with van der Waals surface area (Å²) in [6.45, 7) is 1.86. The van der Waals surface area contributed by atoms with Crippen molar-refractivity contribution in [2.45, 2.75) is 19.4 Å². The molecule has 8 heteroatoms. The lowest BCUT2D eigenvalue weighted by atomic mass is 9.97. The third-order valence-electron chi connectivity index (χ3n) is 5.68. The molecule has 0 saturated carbocycles. The molecular weight excluding hydrogens is 435 g/mol. The molecule has 1 aliphatic heterocycles. The standard InChI is InChI=1S/C23H20ClFN4OS/c24-16-8-6-14(7-9-16)11-26-23(30)15-3-2-10-29(12-15)22-21-20(27-13-28-22)19-17(25)4-1-5-18(19)31-21/h1,4-9,13,15H,2-3,10-12H2,(H,26,30)/t15-/m0/s1. The number of carbonyl (C=O) groups is 1. The second kappa shape index (κ2) is 8.40. The number of aromatic nitrogens is 2. The second-order valence-electron chi connectivity index (χ2n) is 7.72. The molecule has 1 N–H and O–H groups in total. The molecule has 5 nitrogen and oxygen atoms in total. The van der Waals surface area contributed by atoms with Gasteiger partial charge in [0.2, 0.25) is 5.91 Å². The van der Waals surface area contributed by atoms with E-state index in [4.69, 9.17) is 11.6 Å². The van der Waals surface area contributed by atoms with Crippen LogP contribution in [0.25, 0.3) is 20.3 Å². The fraction of sp³-hybridized carbons (Fsp3) is 0.261. The molecule has 2 aromatic heterocycles. The van der Waals surface area contributed by atoms with Gasteiger partial charge in [0.1, 0.15) is 18.0 Å². The molecule has 0 radical (unpaired) electrons. The number of amides is 1. The third-order valence-corrected chi connectivity index (χ3v) is 7.07. The Kier molecular flexibility index (Phi) is 5.46. The fourth-order valence-corrected chi connectivity index (χ4v) is 5.42. The average Bonchev–Trinajstić information content (AvgIpc) is 3.18. The Balaban J connectivity index is 1.36. The molecule has 0 bridgehead atoms. The lowest BCUT2D eigenvalue weighted by Crippen LogP contribution is -2.43. The second-order valence-corrected chi connectivity index (χ2v) is 9.21. The first-order valence-corrected chi connectivity index (χ1v) is 11.4. The number of anilines is 1. The summed E-state index contributed by atoms with van der Waals surface area (Å²) >= 11 is 7.42. The Bertz CT molecular complexity index is 1260. The van der Waals surface area contributed by atoms with Gasteiger partial charge in [-0.05, 0) is 42.7 Å². The zero-order chi connectivity index (χ0) is 21.4. The summed E-state index contributed by atoms with van der Waals surface area (Å²) in [7, 11) is 0. The Hall–Kier alpha value is -2.77. The van der Waals surface area contributed by atoms with Gasteiger partial charge in [-0.25, -0.2) is 14.4 Å². The molecule has 158 valence electrons. The molecule has 3 heterocycles. The van der Waals surface area contributed by atoms with E-state index in [-0.39, 0.29) is 17.6 Å². The van der Waals surface area contributed by atoms with Crippen LogP contribution in [0, 0.1) is 11.7 Å². The Morgan fingerprint density at radius 3 is 2.90 bits per heavy atom. The molecule has 4 aromatic rings. The number of nitrogens with one attached hydrogen (secondary N) is 1. The minimum Gasteiger partial charge on any atom is -0.355 e. The molecular formula is C23H20ClFN4OS. The number of nitrogens with zero attached hydrogens (tertiary/aromatic N) is 3. The van der Waals surface area contributed by atoms with E-state index in [1.165, 1.54) is 23.7 Å². The molecule has 0 unspecified atom stereocenters. The van der Waals surface area contributed by atoms with Crippen LogP contribution >= 0.6 is 22.9 Å². The predicted octanol–water partition coefficient (Wildman–Crippen LogP) is 5.17. The number of hydrogen-bond acceptors (Lipinski definition) is 5. The van der Waals surface area contributed by atoms with E-state index >= 15 is 0 Å². The molecule has 0 aliphatic carbocycles. The van der Waals surface area contributed by atoms with Crippen LogP contribution < -0.4 is 10.2 Å². The topological polar surface area (TPSA) is 58.1 Å². The van der Waals surface area contributed by atoms with Crippen LogP contribution in [0.5, 0.6) is 0 Å². The largest absolute Gasteiger partial charge is 0.355 e. The van der Waals surface area contributed by atoms with E-state index in [9.17, 15) is 9.18 Å². The molecule has 1 fully saturated rings. The van der Waals surface area contributed by atoms with E-state index in [1.54, 1.807) is 6.07 Å². The maximum Gasteiger partial charge on any atom is 0.225 e. The molecule has 1 atom stereocenters. The van der Waals surface area contributed by atoms with Crippen molar-refractivity contribution in [3.63, 3.8) is 0 Å². The van der Waals surface area contributed by atoms with Gasteiger partial charge < -0.3 is 10.2 Å². The van der Waals surface area contributed by atoms with Crippen LogP contribution in [0.3, 0.4) is 0 Å². The number of benzene rings is 2. The van der Waals surface area contributed by atoms with Crippen LogP contribution in [0.2, 0.25) is 5.02 Å². The van der Waals surface area contributed by atoms with Crippen molar-refractivity contribution in [3.8, 4) is 0 Å². The van der Waals surface area contributed by atoms with Gasteiger partial charge in [-0.1, -0.05) is 29.8 Å². The van der Waals surface area contributed by atoms with Gasteiger partial charge in [0.15, 0.2) is 0 Å². The Morgan fingerprint density at radius 1 is 1.23 bits per heavy atom. The highest BCUT2D eigenvalue weighted by atomic mass is 35.5. The number of piperidine rings is 1. The average molecular weight is 455 g/mol. The van der Waals surface area contributed by atoms with Crippen LogP contribution in [0.15, 0.2) is 48.8 Å². The SMILES string of the molecule is O=C(NCc1ccc(Cl)cc1)[C@H]1CCCN(c2ncnc3c2sc2cccc(F)c23)C1. The van der Waals surface area contributed by atoms with Crippen molar-refractivity contribution in [3.05, 3.63) is 65.2 Å². The quantitative estimate of drug-likeness (QED) is 0.462. The Labute approximate surface area is 187 Å². The van der Waals surface area contributed by atoms with Crippen molar-refractivity contribution in [2.24, 2.45) is 5.92 Å². The van der Waals surface area contributed by atoms with Gasteiger partial charge in [0.05, 0.1) is 21.5 Å². The molecule has 2 aromatic carbocycles. The van der Waals surface area contributed by atoms with Crippen LogP contribution in [0.4, 0.5) is 10.2 Å². The number of halogens is 2. The van der Waals surface area contributed by atoms with Crippen LogP contribution in [-0.2, 0) is 11.3 Å². The number of carbonyl (C=O) groups excluding carboxylic acids is 1. The lowest BCUT2D eigenvalue weighted by molar-refractivity contribution is -0.125. The Morgan fingerprint density at radius 2 is 2.06 bits per heavy atom. The highest BCUT2D eigenvalue weighted by Gasteiger charge is 2.28. The van der Waals surface area contributed by atoms with E-state index in [2.05, 4.69) is 20.2 Å². The van der Waals surface area contributed by atoms with Crippen molar-refractivity contribution in [2.75, 3.05) is 18.0 Å². The van der Waals surface area contributed by atoms with E-state index in [0.717, 1.165) is 40.2 Å². The summed E-state index contributed by atoms with van der Waals surface area (Å²) in [6.07, 6.45) is 3.21. The van der Waals surface area contributed by atoms with E-state index < -0.39 is 0 Å². The zero-order valence-electron chi connectivity index (χ0n) is 16.6. The fourth-order valence-electron chi connectivity index (χ4n) is 4.11. The van der Waals surface area contributed by atoms with Gasteiger partial charge in [0, 0.05) is 29.4 Å². The lowest BCUT2D eigenvalue weighted by Gasteiger charge is -2.33. The summed E-state index contributed by atoms with van der Waals surface area (Å²) in [6, 6.07) is 12.5. The molecule has 1 saturated heterocycles. The van der Waals surface area contributed by atoms with Gasteiger partial charge in [-0.2, -0.15) is 0 Å². The summed E-state index contributed by atoms with van der Waals surface area (Å²) in [5.74, 6) is 0.414. The minimum absolute atomic E-state index is 0.0346. The third kappa shape index (κ3) is 3.95. The van der Waals surface area contributed by atoms with Crippen molar-refractivity contribution in [1.29, 1.82) is 0 Å². The van der Waals surface area contributed by atoms with Gasteiger partial charge in [-0.15, -0.1) is 11.3 Å². The molecule has 1 amide bonds. The van der Waals surface area contributed by atoms with Gasteiger partial charge in [0.25, 0.3) is 0 Å². The predicted molar refractivity (Wildman–Crippen MR) is 123 cm³/mol. The summed E-state index contributed by atoms with van der Waals surface area (Å²) in [5.41, 5.74) is 1.65. The van der Waals surface area contributed by atoms with Crippen molar-refractivity contribution >= 4 is 55.0 Å². The number of thiophene rings is 1. The zero-order valence-corrected chi connectivity index (χ0v) is 18.2. The van der Waals surface area contributed by atoms with Crippen LogP contribution in [-0.4, -0.2) is 29.0 Å². The number of hydrogen-bond donors (Lipinski definition) is 1. The monoisotopic (exact) mass is 454 g/mol. The summed E-state index contributed by atoms with van der Waals surface area (Å²) in [5, 5.41) is 4.26. The van der Waals surface area contributed by atoms with Crippen molar-refractivity contribution in [1.82, 2.24) is 15.3 Å². The highest BCUT2D eigenvalue weighted by Crippen LogP contribution is 2.39. The molecule has 1 aliphatic rings. The van der Waals surface area contributed by atoms with Crippen molar-refractivity contribution < 1.29 is 9.18 Å². The van der Waals surface area contributed by atoms with E-state index in [1.807, 2.05) is 30.3 Å². The molecule has 5 rings (SSSR count). The van der Waals surface area contributed by atoms with Gasteiger partial charge in [-0.3, -0.25) is 4.79 Å². The first-order chi connectivity index (χ1) is 15.1. The van der Waals surface area contributed by atoms with Gasteiger partial charge >= 0.3 is 0 Å². The normalized spacial score (nSPS) is 16.7. The summed E-state index contributed by atoms with van der Waals surface area (Å²) < 4.78 is 16.1. The van der Waals surface area contributed by atoms with Crippen LogP contribution in [0.1, 0.15) is 18.4 Å². The highest BCUT2D eigenvalue weighted by molar-refractivity contribution is 7.26. The molecule has 31 heavy (non-hydrogen) atoms. The maximum atomic E-state index is 14.4. The van der Waals surface area contributed by atoms with E-state index in [0.29, 0.717) is 29.0 Å². The number of fused-ring (bicyclic) bond motifs is 3. The minimum atomic E-state index is -0.272.